The Morgan fingerprint density at radius 2 is 2.16 bits per heavy atom. The van der Waals surface area contributed by atoms with E-state index in [0.717, 1.165) is 30.9 Å². The first-order valence-corrected chi connectivity index (χ1v) is 7.21. The number of fused-ring (bicyclic) bond motifs is 1. The number of carbonyl (C=O) groups is 1. The van der Waals surface area contributed by atoms with Crippen molar-refractivity contribution in [2.24, 2.45) is 5.92 Å². The summed E-state index contributed by atoms with van der Waals surface area (Å²) in [6.45, 7) is 4.86. The Balaban J connectivity index is 1.71. The van der Waals surface area contributed by atoms with Gasteiger partial charge < -0.3 is 14.2 Å². The van der Waals surface area contributed by atoms with Gasteiger partial charge in [-0.25, -0.2) is 0 Å². The Morgan fingerprint density at radius 1 is 1.32 bits per heavy atom. The molecule has 1 aromatic heterocycles. The van der Waals surface area contributed by atoms with Crippen LogP contribution in [0, 0.1) is 5.92 Å². The first kappa shape index (κ1) is 12.7. The molecule has 2 fully saturated rings. The number of likely N-dealkylation sites (tertiary alicyclic amines) is 1. The van der Waals surface area contributed by atoms with E-state index >= 15 is 0 Å². The number of carbonyl (C=O) groups excluding carboxylic acids is 1. The van der Waals surface area contributed by atoms with E-state index in [0.29, 0.717) is 5.76 Å². The van der Waals surface area contributed by atoms with Crippen molar-refractivity contribution < 1.29 is 9.21 Å². The van der Waals surface area contributed by atoms with E-state index < -0.39 is 0 Å². The third-order valence-electron chi connectivity index (χ3n) is 4.60. The van der Waals surface area contributed by atoms with Gasteiger partial charge in [-0.3, -0.25) is 4.79 Å². The first-order chi connectivity index (χ1) is 9.15. The molecule has 0 radical (unpaired) electrons. The number of hydrogen-bond acceptors (Lipinski definition) is 4. The molecule has 0 saturated carbocycles. The molecule has 0 aromatic carbocycles. The molecule has 104 valence electrons. The quantitative estimate of drug-likeness (QED) is 0.767. The topological polar surface area (TPSA) is 36.7 Å². The van der Waals surface area contributed by atoms with Crippen LogP contribution < -0.4 is 4.90 Å². The number of anilines is 1. The molecule has 0 bridgehead atoms. The molecular formula is C15H22N2O2. The van der Waals surface area contributed by atoms with Crippen molar-refractivity contribution in [3.05, 3.63) is 17.9 Å². The van der Waals surface area contributed by atoms with Crippen LogP contribution in [0.25, 0.3) is 0 Å². The minimum Gasteiger partial charge on any atom is -0.437 e. The second-order valence-electron chi connectivity index (χ2n) is 5.88. The Hall–Kier alpha value is -1.29. The molecule has 2 atom stereocenters. The molecule has 2 saturated heterocycles. The number of ketones is 1. The van der Waals surface area contributed by atoms with Crippen LogP contribution in [0.3, 0.4) is 0 Å². The highest BCUT2D eigenvalue weighted by Crippen LogP contribution is 2.32. The Kier molecular flexibility index (Phi) is 3.35. The van der Waals surface area contributed by atoms with Crippen molar-refractivity contribution in [3.8, 4) is 0 Å². The molecule has 2 unspecified atom stereocenters. The summed E-state index contributed by atoms with van der Waals surface area (Å²) in [4.78, 5) is 16.1. The minimum atomic E-state index is -0.00136. The molecule has 19 heavy (non-hydrogen) atoms. The molecule has 4 nitrogen and oxygen atoms in total. The lowest BCUT2D eigenvalue weighted by Crippen LogP contribution is -2.52. The van der Waals surface area contributed by atoms with Gasteiger partial charge in [-0.15, -0.1) is 0 Å². The Bertz CT molecular complexity index is 468. The maximum absolute atomic E-state index is 11.3. The Morgan fingerprint density at radius 3 is 2.89 bits per heavy atom. The van der Waals surface area contributed by atoms with Crippen molar-refractivity contribution in [2.75, 3.05) is 31.6 Å². The van der Waals surface area contributed by atoms with Gasteiger partial charge in [0, 0.05) is 32.1 Å². The molecule has 0 aliphatic carbocycles. The van der Waals surface area contributed by atoms with Crippen molar-refractivity contribution in [2.45, 2.75) is 32.2 Å². The van der Waals surface area contributed by atoms with Gasteiger partial charge >= 0.3 is 0 Å². The predicted octanol–water partition coefficient (Wildman–Crippen LogP) is 2.40. The normalized spacial score (nSPS) is 28.2. The fourth-order valence-electron chi connectivity index (χ4n) is 3.54. The largest absolute Gasteiger partial charge is 0.437 e. The van der Waals surface area contributed by atoms with Crippen LogP contribution in [0.1, 0.15) is 36.7 Å². The second-order valence-corrected chi connectivity index (χ2v) is 5.88. The van der Waals surface area contributed by atoms with Gasteiger partial charge in [0.1, 0.15) is 0 Å². The summed E-state index contributed by atoms with van der Waals surface area (Å²) >= 11 is 0. The van der Waals surface area contributed by atoms with Crippen LogP contribution in [0.4, 0.5) is 5.88 Å². The fraction of sp³-hybridized carbons (Fsp3) is 0.667. The lowest BCUT2D eigenvalue weighted by molar-refractivity contribution is 0.0975. The number of hydrogen-bond donors (Lipinski definition) is 0. The highest BCUT2D eigenvalue weighted by atomic mass is 16.4. The third-order valence-corrected chi connectivity index (χ3v) is 4.60. The zero-order chi connectivity index (χ0) is 13.4. The fourth-order valence-corrected chi connectivity index (χ4v) is 3.54. The number of piperidine rings is 2. The number of furan rings is 1. The van der Waals surface area contributed by atoms with Crippen LogP contribution in [-0.4, -0.2) is 43.4 Å². The highest BCUT2D eigenvalue weighted by molar-refractivity contribution is 5.91. The van der Waals surface area contributed by atoms with E-state index in [4.69, 9.17) is 4.42 Å². The van der Waals surface area contributed by atoms with E-state index in [1.54, 1.807) is 13.0 Å². The van der Waals surface area contributed by atoms with Gasteiger partial charge in [-0.2, -0.15) is 0 Å². The molecule has 2 aliphatic rings. The van der Waals surface area contributed by atoms with Crippen LogP contribution in [0.15, 0.2) is 16.5 Å². The lowest BCUT2D eigenvalue weighted by Gasteiger charge is -2.45. The first-order valence-electron chi connectivity index (χ1n) is 7.21. The van der Waals surface area contributed by atoms with E-state index in [1.165, 1.54) is 25.8 Å². The number of nitrogens with zero attached hydrogens (tertiary/aromatic N) is 2. The van der Waals surface area contributed by atoms with Gasteiger partial charge in [0.05, 0.1) is 0 Å². The van der Waals surface area contributed by atoms with E-state index in [9.17, 15) is 4.79 Å². The maximum Gasteiger partial charge on any atom is 0.196 e. The summed E-state index contributed by atoms with van der Waals surface area (Å²) in [6.07, 6.45) is 3.80. The van der Waals surface area contributed by atoms with Crippen molar-refractivity contribution in [3.63, 3.8) is 0 Å². The monoisotopic (exact) mass is 262 g/mol. The van der Waals surface area contributed by atoms with Gasteiger partial charge in [0.25, 0.3) is 0 Å². The standard InChI is InChI=1S/C15H22N2O2/c1-11(18)14-5-6-15(19-14)17-9-7-13-12(10-17)4-3-8-16(13)2/h5-6,12-13H,3-4,7-10H2,1-2H3. The van der Waals surface area contributed by atoms with Gasteiger partial charge in [-0.1, -0.05) is 0 Å². The van der Waals surface area contributed by atoms with E-state index in [2.05, 4.69) is 16.8 Å². The molecule has 4 heteroatoms. The van der Waals surface area contributed by atoms with Gasteiger partial charge in [0.2, 0.25) is 0 Å². The lowest BCUT2D eigenvalue weighted by atomic mass is 9.84. The van der Waals surface area contributed by atoms with E-state index in [-0.39, 0.29) is 5.78 Å². The van der Waals surface area contributed by atoms with Gasteiger partial charge in [-0.05, 0) is 44.8 Å². The average molecular weight is 262 g/mol. The van der Waals surface area contributed by atoms with Crippen LogP contribution in [0.5, 0.6) is 0 Å². The van der Waals surface area contributed by atoms with Crippen LogP contribution >= 0.6 is 0 Å². The highest BCUT2D eigenvalue weighted by Gasteiger charge is 2.35. The molecule has 3 rings (SSSR count). The molecule has 3 heterocycles. The van der Waals surface area contributed by atoms with Crippen LogP contribution in [-0.2, 0) is 0 Å². The minimum absolute atomic E-state index is 0.00136. The summed E-state index contributed by atoms with van der Waals surface area (Å²) in [5, 5.41) is 0. The predicted molar refractivity (Wildman–Crippen MR) is 74.7 cm³/mol. The maximum atomic E-state index is 11.3. The number of rotatable bonds is 2. The van der Waals surface area contributed by atoms with Gasteiger partial charge in [0.15, 0.2) is 17.4 Å². The van der Waals surface area contributed by atoms with E-state index in [1.807, 2.05) is 6.07 Å². The SMILES string of the molecule is CC(=O)c1ccc(N2CCC3C(CCCN3C)C2)o1. The molecule has 2 aliphatic heterocycles. The summed E-state index contributed by atoms with van der Waals surface area (Å²) in [7, 11) is 2.24. The van der Waals surface area contributed by atoms with Crippen LogP contribution in [0.2, 0.25) is 0 Å². The zero-order valence-electron chi connectivity index (χ0n) is 11.8. The average Bonchev–Trinajstić information content (AvgIpc) is 2.88. The van der Waals surface area contributed by atoms with Crippen molar-refractivity contribution in [1.29, 1.82) is 0 Å². The van der Waals surface area contributed by atoms with Crippen molar-refractivity contribution >= 4 is 11.7 Å². The second kappa shape index (κ2) is 5.00. The summed E-state index contributed by atoms with van der Waals surface area (Å²) < 4.78 is 5.65. The summed E-state index contributed by atoms with van der Waals surface area (Å²) in [6, 6.07) is 4.45. The summed E-state index contributed by atoms with van der Waals surface area (Å²) in [5.41, 5.74) is 0. The molecule has 0 spiro atoms. The molecule has 0 amide bonds. The summed E-state index contributed by atoms with van der Waals surface area (Å²) in [5.74, 6) is 2.06. The third kappa shape index (κ3) is 2.41. The molecule has 1 aromatic rings. The zero-order valence-corrected chi connectivity index (χ0v) is 11.8. The smallest absolute Gasteiger partial charge is 0.196 e. The number of Topliss-reactive ketones (excluding diaryl/α,β-unsaturated/α-hetero) is 1. The Labute approximate surface area is 114 Å². The molecule has 0 N–H and O–H groups in total. The van der Waals surface area contributed by atoms with Crippen molar-refractivity contribution in [1.82, 2.24) is 4.90 Å². The molecular weight excluding hydrogens is 240 g/mol.